The third-order valence-electron chi connectivity index (χ3n) is 3.88. The number of hydrogen-bond donors (Lipinski definition) is 1. The number of carbonyl (C=O) groups excluding carboxylic acids is 1. The third kappa shape index (κ3) is 3.36. The smallest absolute Gasteiger partial charge is 0.257 e. The summed E-state index contributed by atoms with van der Waals surface area (Å²) in [4.78, 5) is 20.6. The Bertz CT molecular complexity index is 663. The van der Waals surface area contributed by atoms with E-state index in [-0.39, 0.29) is 5.91 Å². The van der Waals surface area contributed by atoms with Crippen molar-refractivity contribution < 1.29 is 4.79 Å². The highest BCUT2D eigenvalue weighted by Crippen LogP contribution is 2.28. The van der Waals surface area contributed by atoms with Crippen molar-refractivity contribution in [2.24, 2.45) is 0 Å². The molecule has 2 aromatic rings. The topological polar surface area (TPSA) is 45.2 Å². The Hall–Kier alpha value is -1.72. The first-order valence-corrected chi connectivity index (χ1v) is 8.56. The Balaban J connectivity index is 1.69. The molecule has 1 amide bonds. The largest absolute Gasteiger partial charge is 0.298 e. The number of benzene rings is 1. The van der Waals surface area contributed by atoms with E-state index >= 15 is 0 Å². The molecule has 0 saturated heterocycles. The molecule has 0 aliphatic carbocycles. The van der Waals surface area contributed by atoms with Gasteiger partial charge in [-0.25, -0.2) is 4.98 Å². The molecular weight excluding hydrogens is 294 g/mol. The lowest BCUT2D eigenvalue weighted by molar-refractivity contribution is 0.102. The molecular formula is C17H21N3OS. The minimum Gasteiger partial charge on any atom is -0.298 e. The summed E-state index contributed by atoms with van der Waals surface area (Å²) in [6, 6.07) is 7.59. The van der Waals surface area contributed by atoms with E-state index in [4.69, 9.17) is 0 Å². The van der Waals surface area contributed by atoms with Crippen molar-refractivity contribution in [3.05, 3.63) is 46.0 Å². The van der Waals surface area contributed by atoms with Crippen molar-refractivity contribution in [2.75, 3.05) is 18.4 Å². The van der Waals surface area contributed by atoms with E-state index in [9.17, 15) is 4.79 Å². The molecule has 0 radical (unpaired) electrons. The lowest BCUT2D eigenvalue weighted by atomic mass is 10.1. The average molecular weight is 315 g/mol. The van der Waals surface area contributed by atoms with Crippen molar-refractivity contribution in [1.29, 1.82) is 0 Å². The number of anilines is 1. The Morgan fingerprint density at radius 1 is 1.36 bits per heavy atom. The molecule has 0 fully saturated rings. The molecule has 1 aliphatic heterocycles. The van der Waals surface area contributed by atoms with Crippen LogP contribution < -0.4 is 5.32 Å². The number of aromatic nitrogens is 1. The predicted octanol–water partition coefficient (Wildman–Crippen LogP) is 3.47. The highest BCUT2D eigenvalue weighted by Gasteiger charge is 2.20. The fourth-order valence-electron chi connectivity index (χ4n) is 2.68. The van der Waals surface area contributed by atoms with Crippen LogP contribution in [-0.4, -0.2) is 28.9 Å². The molecule has 116 valence electrons. The maximum Gasteiger partial charge on any atom is 0.257 e. The minimum atomic E-state index is -0.0866. The van der Waals surface area contributed by atoms with Crippen LogP contribution in [0.5, 0.6) is 0 Å². The first-order chi connectivity index (χ1) is 10.7. The number of rotatable bonds is 4. The van der Waals surface area contributed by atoms with Crippen LogP contribution in [0.2, 0.25) is 0 Å². The van der Waals surface area contributed by atoms with Crippen molar-refractivity contribution in [3.8, 4) is 0 Å². The van der Waals surface area contributed by atoms with Crippen LogP contribution in [0.1, 0.15) is 39.8 Å². The van der Waals surface area contributed by atoms with Crippen LogP contribution in [0.15, 0.2) is 24.3 Å². The van der Waals surface area contributed by atoms with Gasteiger partial charge in [-0.15, -0.1) is 11.3 Å². The molecule has 1 aromatic carbocycles. The van der Waals surface area contributed by atoms with E-state index in [1.165, 1.54) is 11.3 Å². The first kappa shape index (κ1) is 15.2. The van der Waals surface area contributed by atoms with E-state index in [1.807, 2.05) is 31.2 Å². The first-order valence-electron chi connectivity index (χ1n) is 7.74. The number of hydrogen-bond acceptors (Lipinski definition) is 4. The summed E-state index contributed by atoms with van der Waals surface area (Å²) in [5, 5.41) is 3.65. The maximum atomic E-state index is 12.3. The van der Waals surface area contributed by atoms with Crippen LogP contribution in [-0.2, 0) is 13.0 Å². The maximum absolute atomic E-state index is 12.3. The average Bonchev–Trinajstić information content (AvgIpc) is 2.89. The Labute approximate surface area is 135 Å². The molecule has 0 bridgehead atoms. The fourth-order valence-corrected chi connectivity index (χ4v) is 3.73. The number of carbonyl (C=O) groups is 1. The summed E-state index contributed by atoms with van der Waals surface area (Å²) in [5.41, 5.74) is 2.97. The van der Waals surface area contributed by atoms with Gasteiger partial charge in [0.1, 0.15) is 0 Å². The number of amides is 1. The lowest BCUT2D eigenvalue weighted by Crippen LogP contribution is -2.30. The molecule has 22 heavy (non-hydrogen) atoms. The van der Waals surface area contributed by atoms with Crippen LogP contribution in [0.3, 0.4) is 0 Å². The Morgan fingerprint density at radius 3 is 2.86 bits per heavy atom. The van der Waals surface area contributed by atoms with Crippen LogP contribution >= 0.6 is 11.3 Å². The fraction of sp³-hybridized carbons (Fsp3) is 0.412. The van der Waals surface area contributed by atoms with Gasteiger partial charge in [0.15, 0.2) is 5.13 Å². The van der Waals surface area contributed by atoms with Crippen molar-refractivity contribution in [3.63, 3.8) is 0 Å². The molecule has 0 saturated carbocycles. The quantitative estimate of drug-likeness (QED) is 0.939. The van der Waals surface area contributed by atoms with Gasteiger partial charge in [-0.3, -0.25) is 15.0 Å². The Morgan fingerprint density at radius 2 is 2.14 bits per heavy atom. The van der Waals surface area contributed by atoms with E-state index in [0.29, 0.717) is 10.7 Å². The number of nitrogens with one attached hydrogen (secondary N) is 1. The van der Waals surface area contributed by atoms with Crippen LogP contribution in [0.25, 0.3) is 0 Å². The molecule has 0 unspecified atom stereocenters. The Kier molecular flexibility index (Phi) is 4.55. The summed E-state index contributed by atoms with van der Waals surface area (Å²) in [7, 11) is 0. The van der Waals surface area contributed by atoms with Gasteiger partial charge in [0.05, 0.1) is 5.69 Å². The zero-order chi connectivity index (χ0) is 15.5. The summed E-state index contributed by atoms with van der Waals surface area (Å²) < 4.78 is 0. The summed E-state index contributed by atoms with van der Waals surface area (Å²) >= 11 is 1.61. The predicted molar refractivity (Wildman–Crippen MR) is 90.5 cm³/mol. The van der Waals surface area contributed by atoms with Gasteiger partial charge in [0.2, 0.25) is 0 Å². The highest BCUT2D eigenvalue weighted by atomic mass is 32.1. The molecule has 1 N–H and O–H groups in total. The van der Waals surface area contributed by atoms with Gasteiger partial charge in [-0.1, -0.05) is 24.6 Å². The van der Waals surface area contributed by atoms with E-state index in [2.05, 4.69) is 22.1 Å². The summed E-state index contributed by atoms with van der Waals surface area (Å²) in [6.45, 7) is 7.37. The van der Waals surface area contributed by atoms with Gasteiger partial charge in [0.25, 0.3) is 5.91 Å². The second-order valence-electron chi connectivity index (χ2n) is 5.74. The normalized spacial score (nSPS) is 14.6. The SMILES string of the molecule is CCCN1CCc2nc(NC(=O)c3ccc(C)cc3)sc2C1. The van der Waals surface area contributed by atoms with E-state index in [1.54, 1.807) is 11.3 Å². The minimum absolute atomic E-state index is 0.0866. The van der Waals surface area contributed by atoms with Gasteiger partial charge in [-0.2, -0.15) is 0 Å². The second kappa shape index (κ2) is 6.58. The number of fused-ring (bicyclic) bond motifs is 1. The molecule has 5 heteroatoms. The zero-order valence-corrected chi connectivity index (χ0v) is 13.9. The van der Waals surface area contributed by atoms with Crippen LogP contribution in [0.4, 0.5) is 5.13 Å². The molecule has 1 aliphatic rings. The summed E-state index contributed by atoms with van der Waals surface area (Å²) in [6.07, 6.45) is 2.15. The molecule has 0 spiro atoms. The summed E-state index contributed by atoms with van der Waals surface area (Å²) in [5.74, 6) is -0.0866. The second-order valence-corrected chi connectivity index (χ2v) is 6.82. The molecule has 0 atom stereocenters. The van der Waals surface area contributed by atoms with E-state index < -0.39 is 0 Å². The van der Waals surface area contributed by atoms with Gasteiger partial charge in [0, 0.05) is 30.0 Å². The third-order valence-corrected chi connectivity index (χ3v) is 4.88. The molecule has 2 heterocycles. The number of thiazole rings is 1. The number of aryl methyl sites for hydroxylation is 1. The zero-order valence-electron chi connectivity index (χ0n) is 13.1. The molecule has 3 rings (SSSR count). The van der Waals surface area contributed by atoms with Gasteiger partial charge >= 0.3 is 0 Å². The molecule has 1 aromatic heterocycles. The lowest BCUT2D eigenvalue weighted by Gasteiger charge is -2.24. The van der Waals surface area contributed by atoms with Crippen molar-refractivity contribution >= 4 is 22.4 Å². The van der Waals surface area contributed by atoms with Gasteiger partial charge in [-0.05, 0) is 32.0 Å². The molecule has 4 nitrogen and oxygen atoms in total. The van der Waals surface area contributed by atoms with E-state index in [0.717, 1.165) is 37.3 Å². The van der Waals surface area contributed by atoms with Gasteiger partial charge < -0.3 is 0 Å². The standard InChI is InChI=1S/C17H21N3OS/c1-3-9-20-10-8-14-15(11-20)22-17(18-14)19-16(21)13-6-4-12(2)5-7-13/h4-7H,3,8-11H2,1-2H3,(H,18,19,21). The highest BCUT2D eigenvalue weighted by molar-refractivity contribution is 7.15. The van der Waals surface area contributed by atoms with Crippen molar-refractivity contribution in [1.82, 2.24) is 9.88 Å². The van der Waals surface area contributed by atoms with Crippen molar-refractivity contribution in [2.45, 2.75) is 33.2 Å². The van der Waals surface area contributed by atoms with Crippen LogP contribution in [0, 0.1) is 6.92 Å². The monoisotopic (exact) mass is 315 g/mol. The number of nitrogens with zero attached hydrogens (tertiary/aromatic N) is 2.